The van der Waals surface area contributed by atoms with Crippen LogP contribution < -0.4 is 0 Å². The molecular weight excluding hydrogens is 272 g/mol. The molecule has 0 spiro atoms. The highest BCUT2D eigenvalue weighted by Crippen LogP contribution is 2.26. The van der Waals surface area contributed by atoms with Crippen molar-refractivity contribution >= 4 is 17.7 Å². The van der Waals surface area contributed by atoms with Gasteiger partial charge in [-0.15, -0.1) is 0 Å². The van der Waals surface area contributed by atoms with Crippen LogP contribution >= 0.6 is 11.8 Å². The Kier molecular flexibility index (Phi) is 4.39. The second-order valence-electron chi connectivity index (χ2n) is 4.57. The van der Waals surface area contributed by atoms with E-state index in [1.807, 2.05) is 32.9 Å². The topological polar surface area (TPSA) is 63.1 Å². The van der Waals surface area contributed by atoms with E-state index in [1.54, 1.807) is 12.1 Å². The Morgan fingerprint density at radius 3 is 2.45 bits per heavy atom. The largest absolute Gasteiger partial charge is 0.478 e. The Bertz CT molecular complexity index is 636. The first-order valence-corrected chi connectivity index (χ1v) is 7.17. The summed E-state index contributed by atoms with van der Waals surface area (Å²) in [5.41, 5.74) is 3.11. The normalized spacial score (nSPS) is 10.6. The van der Waals surface area contributed by atoms with Crippen molar-refractivity contribution in [3.63, 3.8) is 0 Å². The molecule has 2 aromatic rings. The summed E-state index contributed by atoms with van der Waals surface area (Å²) in [6.45, 7) is 5.91. The summed E-state index contributed by atoms with van der Waals surface area (Å²) >= 11 is 1.39. The van der Waals surface area contributed by atoms with Gasteiger partial charge >= 0.3 is 5.97 Å². The van der Waals surface area contributed by atoms with Gasteiger partial charge in [0.25, 0.3) is 0 Å². The van der Waals surface area contributed by atoms with Gasteiger partial charge in [-0.2, -0.15) is 0 Å². The van der Waals surface area contributed by atoms with Crippen LogP contribution in [0.4, 0.5) is 0 Å². The molecule has 2 rings (SSSR count). The van der Waals surface area contributed by atoms with Crippen molar-refractivity contribution in [2.45, 2.75) is 37.2 Å². The van der Waals surface area contributed by atoms with Gasteiger partial charge in [-0.25, -0.2) is 14.8 Å². The van der Waals surface area contributed by atoms with Gasteiger partial charge in [-0.3, -0.25) is 0 Å². The molecule has 5 heteroatoms. The Balaban J connectivity index is 2.37. The van der Waals surface area contributed by atoms with Crippen LogP contribution in [0.2, 0.25) is 0 Å². The molecule has 0 saturated carbocycles. The average molecular weight is 288 g/mol. The van der Waals surface area contributed by atoms with E-state index in [0.717, 1.165) is 22.0 Å². The molecule has 0 aliphatic heterocycles. The summed E-state index contributed by atoms with van der Waals surface area (Å²) < 4.78 is 0. The van der Waals surface area contributed by atoms with Crippen molar-refractivity contribution in [1.29, 1.82) is 0 Å². The third-order valence-corrected chi connectivity index (χ3v) is 3.58. The number of rotatable bonds is 4. The molecule has 104 valence electrons. The Morgan fingerprint density at radius 1 is 1.15 bits per heavy atom. The lowest BCUT2D eigenvalue weighted by molar-refractivity contribution is 0.0696. The minimum absolute atomic E-state index is 0.267. The summed E-state index contributed by atoms with van der Waals surface area (Å²) in [5, 5.41) is 10.6. The van der Waals surface area contributed by atoms with E-state index < -0.39 is 5.97 Å². The predicted molar refractivity (Wildman–Crippen MR) is 78.4 cm³/mol. The van der Waals surface area contributed by atoms with Crippen LogP contribution in [-0.2, 0) is 6.42 Å². The van der Waals surface area contributed by atoms with Crippen molar-refractivity contribution in [1.82, 2.24) is 9.97 Å². The van der Waals surface area contributed by atoms with Crippen LogP contribution in [0, 0.1) is 13.8 Å². The minimum atomic E-state index is -0.933. The molecule has 0 aliphatic rings. The fourth-order valence-corrected chi connectivity index (χ4v) is 2.88. The Morgan fingerprint density at radius 2 is 1.85 bits per heavy atom. The molecule has 2 heterocycles. The number of carboxylic acid groups (broad SMARTS) is 1. The number of hydrogen-bond acceptors (Lipinski definition) is 4. The molecule has 0 atom stereocenters. The Hall–Kier alpha value is -1.88. The molecule has 0 fully saturated rings. The fraction of sp³-hybridized carbons (Fsp3) is 0.267. The zero-order valence-corrected chi connectivity index (χ0v) is 12.5. The molecule has 0 aromatic carbocycles. The summed E-state index contributed by atoms with van der Waals surface area (Å²) in [5.74, 6) is -0.933. The highest BCUT2D eigenvalue weighted by molar-refractivity contribution is 7.99. The van der Waals surface area contributed by atoms with Gasteiger partial charge in [0.05, 0.1) is 5.56 Å². The van der Waals surface area contributed by atoms with E-state index in [2.05, 4.69) is 9.97 Å². The van der Waals surface area contributed by atoms with E-state index in [9.17, 15) is 4.79 Å². The number of hydrogen-bond donors (Lipinski definition) is 1. The maximum Gasteiger partial charge on any atom is 0.335 e. The van der Waals surface area contributed by atoms with Gasteiger partial charge in [-0.05, 0) is 50.1 Å². The van der Waals surface area contributed by atoms with Gasteiger partial charge in [-0.1, -0.05) is 18.7 Å². The van der Waals surface area contributed by atoms with Crippen LogP contribution in [0.3, 0.4) is 0 Å². The van der Waals surface area contributed by atoms with E-state index in [4.69, 9.17) is 5.11 Å². The van der Waals surface area contributed by atoms with Crippen molar-refractivity contribution in [3.8, 4) is 0 Å². The van der Waals surface area contributed by atoms with Crippen molar-refractivity contribution < 1.29 is 9.90 Å². The first-order valence-electron chi connectivity index (χ1n) is 6.35. The molecule has 0 aliphatic carbocycles. The standard InChI is InChI=1S/C15H16N2O2S/c1-4-12-7-11(15(18)19)8-14(17-12)20-13-6-9(2)5-10(3)16-13/h5-8H,4H2,1-3H3,(H,18,19). The van der Waals surface area contributed by atoms with Gasteiger partial charge < -0.3 is 5.11 Å². The zero-order valence-electron chi connectivity index (χ0n) is 11.7. The van der Waals surface area contributed by atoms with Gasteiger partial charge in [0, 0.05) is 11.4 Å². The number of aromatic carboxylic acids is 1. The van der Waals surface area contributed by atoms with Crippen LogP contribution in [0.5, 0.6) is 0 Å². The van der Waals surface area contributed by atoms with Crippen molar-refractivity contribution in [3.05, 3.63) is 46.8 Å². The summed E-state index contributed by atoms with van der Waals surface area (Å²) in [4.78, 5) is 20.0. The zero-order chi connectivity index (χ0) is 14.7. The molecule has 2 aromatic heterocycles. The van der Waals surface area contributed by atoms with Crippen LogP contribution in [0.1, 0.15) is 34.2 Å². The van der Waals surface area contributed by atoms with E-state index in [1.165, 1.54) is 11.8 Å². The Labute approximate surface area is 122 Å². The molecule has 0 amide bonds. The molecule has 20 heavy (non-hydrogen) atoms. The smallest absolute Gasteiger partial charge is 0.335 e. The molecular formula is C15H16N2O2S. The maximum absolute atomic E-state index is 11.1. The third-order valence-electron chi connectivity index (χ3n) is 2.75. The summed E-state index contributed by atoms with van der Waals surface area (Å²) in [6.07, 6.45) is 0.703. The van der Waals surface area contributed by atoms with Gasteiger partial charge in [0.1, 0.15) is 10.1 Å². The SMILES string of the molecule is CCc1cc(C(=O)O)cc(Sc2cc(C)cc(C)n2)n1. The summed E-state index contributed by atoms with van der Waals surface area (Å²) in [7, 11) is 0. The predicted octanol–water partition coefficient (Wildman–Crippen LogP) is 3.51. The molecule has 4 nitrogen and oxygen atoms in total. The first kappa shape index (κ1) is 14.5. The third kappa shape index (κ3) is 3.57. The molecule has 0 radical (unpaired) electrons. The van der Waals surface area contributed by atoms with E-state index >= 15 is 0 Å². The van der Waals surface area contributed by atoms with Crippen LogP contribution in [0.15, 0.2) is 34.3 Å². The second-order valence-corrected chi connectivity index (χ2v) is 5.61. The fourth-order valence-electron chi connectivity index (χ4n) is 1.88. The number of pyridine rings is 2. The number of carbonyl (C=O) groups is 1. The average Bonchev–Trinajstić information content (AvgIpc) is 2.36. The minimum Gasteiger partial charge on any atom is -0.478 e. The lowest BCUT2D eigenvalue weighted by Gasteiger charge is -2.06. The van der Waals surface area contributed by atoms with E-state index in [0.29, 0.717) is 11.4 Å². The molecule has 0 saturated heterocycles. The first-order chi connectivity index (χ1) is 9.47. The monoisotopic (exact) mass is 288 g/mol. The highest BCUT2D eigenvalue weighted by atomic mass is 32.2. The number of aromatic nitrogens is 2. The van der Waals surface area contributed by atoms with Gasteiger partial charge in [0.2, 0.25) is 0 Å². The lowest BCUT2D eigenvalue weighted by atomic mass is 10.2. The number of carboxylic acids is 1. The van der Waals surface area contributed by atoms with Crippen molar-refractivity contribution in [2.24, 2.45) is 0 Å². The van der Waals surface area contributed by atoms with Crippen LogP contribution in [-0.4, -0.2) is 21.0 Å². The van der Waals surface area contributed by atoms with E-state index in [-0.39, 0.29) is 5.56 Å². The van der Waals surface area contributed by atoms with Crippen molar-refractivity contribution in [2.75, 3.05) is 0 Å². The second kappa shape index (κ2) is 6.05. The van der Waals surface area contributed by atoms with Crippen LogP contribution in [0.25, 0.3) is 0 Å². The maximum atomic E-state index is 11.1. The number of nitrogens with zero attached hydrogens (tertiary/aromatic N) is 2. The van der Waals surface area contributed by atoms with Gasteiger partial charge in [0.15, 0.2) is 0 Å². The number of aryl methyl sites for hydroxylation is 3. The molecule has 1 N–H and O–H groups in total. The highest BCUT2D eigenvalue weighted by Gasteiger charge is 2.10. The molecule has 0 bridgehead atoms. The molecule has 0 unspecified atom stereocenters. The lowest BCUT2D eigenvalue weighted by Crippen LogP contribution is -2.00. The summed E-state index contributed by atoms with van der Waals surface area (Å²) in [6, 6.07) is 7.17. The quantitative estimate of drug-likeness (QED) is 0.932.